The highest BCUT2D eigenvalue weighted by atomic mass is 32.2. The van der Waals surface area contributed by atoms with E-state index in [1.807, 2.05) is 37.3 Å². The summed E-state index contributed by atoms with van der Waals surface area (Å²) in [5.41, 5.74) is 1.81. The van der Waals surface area contributed by atoms with E-state index in [4.69, 9.17) is 0 Å². The van der Waals surface area contributed by atoms with Gasteiger partial charge in [-0.05, 0) is 37.5 Å². The third-order valence-electron chi connectivity index (χ3n) is 6.16. The van der Waals surface area contributed by atoms with Crippen LogP contribution in [0.5, 0.6) is 0 Å². The van der Waals surface area contributed by atoms with Crippen LogP contribution in [0.25, 0.3) is 22.0 Å². The largest absolute Gasteiger partial charge is 0.274 e. The zero-order valence-corrected chi connectivity index (χ0v) is 18.4. The topological polar surface area (TPSA) is 72.3 Å². The van der Waals surface area contributed by atoms with Gasteiger partial charge < -0.3 is 0 Å². The Labute approximate surface area is 177 Å². The first-order chi connectivity index (χ1) is 14.3. The molecule has 0 bridgehead atoms. The number of benzene rings is 2. The maximum atomic E-state index is 13.5. The van der Waals surface area contributed by atoms with E-state index in [1.54, 1.807) is 30.5 Å². The van der Waals surface area contributed by atoms with Crippen LogP contribution >= 0.6 is 0 Å². The van der Waals surface area contributed by atoms with Crippen molar-refractivity contribution in [2.75, 3.05) is 7.05 Å². The molecule has 0 atom stereocenters. The molecule has 1 aliphatic carbocycles. The molecule has 6 nitrogen and oxygen atoms in total. The van der Waals surface area contributed by atoms with Crippen molar-refractivity contribution in [3.63, 3.8) is 0 Å². The predicted octanol–water partition coefficient (Wildman–Crippen LogP) is 3.86. The van der Waals surface area contributed by atoms with Gasteiger partial charge in [0.15, 0.2) is 0 Å². The van der Waals surface area contributed by atoms with Gasteiger partial charge in [-0.3, -0.25) is 4.79 Å². The van der Waals surface area contributed by atoms with E-state index in [0.717, 1.165) is 25.7 Å². The van der Waals surface area contributed by atoms with Crippen LogP contribution in [0.2, 0.25) is 0 Å². The molecule has 1 saturated carbocycles. The van der Waals surface area contributed by atoms with Gasteiger partial charge in [-0.2, -0.15) is 9.40 Å². The van der Waals surface area contributed by atoms with Crippen LogP contribution in [0.3, 0.4) is 0 Å². The molecule has 1 aliphatic rings. The van der Waals surface area contributed by atoms with Crippen molar-refractivity contribution in [2.45, 2.75) is 50.0 Å². The van der Waals surface area contributed by atoms with Gasteiger partial charge in [-0.1, -0.05) is 49.6 Å². The number of aryl methyl sites for hydroxylation is 2. The number of fused-ring (bicyclic) bond motifs is 1. The lowest BCUT2D eigenvalue weighted by atomic mass is 9.96. The Morgan fingerprint density at radius 3 is 2.40 bits per heavy atom. The Hall–Kier alpha value is -2.51. The second-order valence-corrected chi connectivity index (χ2v) is 10.1. The summed E-state index contributed by atoms with van der Waals surface area (Å²) < 4.78 is 29.8. The standard InChI is InChI=1S/C23H27N3O3S/c1-16-13-14-17(22-19-11-7-8-12-20(19)23(27)25(2)24-22)15-21(16)30(28,29)26(3)18-9-5-4-6-10-18/h7-8,11-15,18H,4-6,9-10H2,1-3H3. The van der Waals surface area contributed by atoms with Gasteiger partial charge >= 0.3 is 0 Å². The molecule has 1 fully saturated rings. The first-order valence-corrected chi connectivity index (χ1v) is 11.8. The monoisotopic (exact) mass is 425 g/mol. The molecule has 0 N–H and O–H groups in total. The van der Waals surface area contributed by atoms with Gasteiger partial charge in [0.1, 0.15) is 0 Å². The maximum absolute atomic E-state index is 13.5. The number of hydrogen-bond acceptors (Lipinski definition) is 4. The normalized spacial score (nSPS) is 15.7. The summed E-state index contributed by atoms with van der Waals surface area (Å²) in [5.74, 6) is 0. The van der Waals surface area contributed by atoms with Crippen LogP contribution in [0, 0.1) is 6.92 Å². The fourth-order valence-electron chi connectivity index (χ4n) is 4.33. The van der Waals surface area contributed by atoms with E-state index in [2.05, 4.69) is 5.10 Å². The van der Waals surface area contributed by atoms with E-state index in [-0.39, 0.29) is 11.6 Å². The molecular weight excluding hydrogens is 398 g/mol. The minimum Gasteiger partial charge on any atom is -0.267 e. The lowest BCUT2D eigenvalue weighted by molar-refractivity contribution is 0.285. The lowest BCUT2D eigenvalue weighted by Crippen LogP contribution is -2.38. The van der Waals surface area contributed by atoms with E-state index in [1.165, 1.54) is 11.1 Å². The van der Waals surface area contributed by atoms with Crippen LogP contribution in [0.4, 0.5) is 0 Å². The summed E-state index contributed by atoms with van der Waals surface area (Å²) in [6.07, 6.45) is 5.11. The smallest absolute Gasteiger partial charge is 0.267 e. The Balaban J connectivity index is 1.85. The molecule has 2 aromatic carbocycles. The maximum Gasteiger partial charge on any atom is 0.274 e. The highest BCUT2D eigenvalue weighted by Gasteiger charge is 2.30. The summed E-state index contributed by atoms with van der Waals surface area (Å²) in [6, 6.07) is 12.7. The van der Waals surface area contributed by atoms with Crippen molar-refractivity contribution in [1.29, 1.82) is 0 Å². The highest BCUT2D eigenvalue weighted by Crippen LogP contribution is 2.31. The molecule has 0 aliphatic heterocycles. The lowest BCUT2D eigenvalue weighted by Gasteiger charge is -2.31. The Morgan fingerprint density at radius 2 is 1.70 bits per heavy atom. The first kappa shape index (κ1) is 20.8. The van der Waals surface area contributed by atoms with Gasteiger partial charge in [0, 0.05) is 31.1 Å². The van der Waals surface area contributed by atoms with Crippen LogP contribution in [-0.2, 0) is 17.1 Å². The molecule has 0 amide bonds. The molecule has 0 saturated heterocycles. The second kappa shape index (κ2) is 7.96. The van der Waals surface area contributed by atoms with Gasteiger partial charge in [0.05, 0.1) is 16.0 Å². The zero-order chi connectivity index (χ0) is 21.5. The van der Waals surface area contributed by atoms with Crippen molar-refractivity contribution in [3.05, 3.63) is 58.4 Å². The third-order valence-corrected chi connectivity index (χ3v) is 8.22. The zero-order valence-electron chi connectivity index (χ0n) is 17.6. The molecule has 0 radical (unpaired) electrons. The highest BCUT2D eigenvalue weighted by molar-refractivity contribution is 7.89. The molecule has 3 aromatic rings. The van der Waals surface area contributed by atoms with Gasteiger partial charge in [-0.15, -0.1) is 0 Å². The summed E-state index contributed by atoms with van der Waals surface area (Å²) in [6.45, 7) is 1.82. The van der Waals surface area contributed by atoms with Gasteiger partial charge in [0.2, 0.25) is 10.0 Å². The van der Waals surface area contributed by atoms with Gasteiger partial charge in [-0.25, -0.2) is 13.1 Å². The van der Waals surface area contributed by atoms with E-state index < -0.39 is 10.0 Å². The van der Waals surface area contributed by atoms with Crippen molar-refractivity contribution in [2.24, 2.45) is 7.05 Å². The van der Waals surface area contributed by atoms with Crippen LogP contribution in [0.1, 0.15) is 37.7 Å². The van der Waals surface area contributed by atoms with Crippen LogP contribution in [-0.4, -0.2) is 35.6 Å². The molecule has 0 unspecified atom stereocenters. The predicted molar refractivity (Wildman–Crippen MR) is 119 cm³/mol. The van der Waals surface area contributed by atoms with Crippen molar-refractivity contribution >= 4 is 20.8 Å². The van der Waals surface area contributed by atoms with Gasteiger partial charge in [0.25, 0.3) is 5.56 Å². The summed E-state index contributed by atoms with van der Waals surface area (Å²) in [7, 11) is -0.330. The number of hydrogen-bond donors (Lipinski definition) is 0. The average molecular weight is 426 g/mol. The molecule has 4 rings (SSSR count). The number of sulfonamides is 1. The summed E-state index contributed by atoms with van der Waals surface area (Å²) >= 11 is 0. The molecular formula is C23H27N3O3S. The summed E-state index contributed by atoms with van der Waals surface area (Å²) in [5, 5.41) is 5.73. The molecule has 1 aromatic heterocycles. The number of rotatable bonds is 4. The van der Waals surface area contributed by atoms with Crippen molar-refractivity contribution in [3.8, 4) is 11.3 Å². The first-order valence-electron chi connectivity index (χ1n) is 10.4. The Bertz CT molecular complexity index is 1260. The molecule has 7 heteroatoms. The Morgan fingerprint density at radius 1 is 1.03 bits per heavy atom. The van der Waals surface area contributed by atoms with Crippen LogP contribution in [0.15, 0.2) is 52.2 Å². The fourth-order valence-corrected chi connectivity index (χ4v) is 6.00. The fraction of sp³-hybridized carbons (Fsp3) is 0.391. The SMILES string of the molecule is Cc1ccc(-c2nn(C)c(=O)c3ccccc23)cc1S(=O)(=O)N(C)C1CCCCC1. The third kappa shape index (κ3) is 3.56. The average Bonchev–Trinajstić information content (AvgIpc) is 2.76. The molecule has 0 spiro atoms. The van der Waals surface area contributed by atoms with Crippen molar-refractivity contribution in [1.82, 2.24) is 14.1 Å². The second-order valence-electron chi connectivity index (χ2n) is 8.12. The van der Waals surface area contributed by atoms with E-state index in [0.29, 0.717) is 32.5 Å². The minimum absolute atomic E-state index is 0.0447. The number of aromatic nitrogens is 2. The number of nitrogens with zero attached hydrogens (tertiary/aromatic N) is 3. The Kier molecular flexibility index (Phi) is 5.51. The van der Waals surface area contributed by atoms with E-state index >= 15 is 0 Å². The quantitative estimate of drug-likeness (QED) is 0.636. The minimum atomic E-state index is -3.63. The molecule has 1 heterocycles. The molecule has 158 valence electrons. The van der Waals surface area contributed by atoms with Crippen molar-refractivity contribution < 1.29 is 8.42 Å². The molecule has 30 heavy (non-hydrogen) atoms. The van der Waals surface area contributed by atoms with Crippen LogP contribution < -0.4 is 5.56 Å². The van der Waals surface area contributed by atoms with E-state index in [9.17, 15) is 13.2 Å². The summed E-state index contributed by atoms with van der Waals surface area (Å²) in [4.78, 5) is 12.8.